The van der Waals surface area contributed by atoms with Gasteiger partial charge in [-0.2, -0.15) is 0 Å². The molecule has 0 amide bonds. The van der Waals surface area contributed by atoms with Crippen LogP contribution >= 0.6 is 47.6 Å². The van der Waals surface area contributed by atoms with E-state index >= 15 is 0 Å². The highest BCUT2D eigenvalue weighted by Gasteiger charge is 2.19. The van der Waals surface area contributed by atoms with Crippen LogP contribution in [0.3, 0.4) is 0 Å². The molecular formula is C26H20Cl2N4O2S3. The maximum absolute atomic E-state index is 13.4. The van der Waals surface area contributed by atoms with Crippen molar-refractivity contribution < 1.29 is 8.42 Å². The first-order valence-corrected chi connectivity index (χ1v) is 13.9. The van der Waals surface area contributed by atoms with Crippen molar-refractivity contribution in [3.8, 4) is 0 Å². The lowest BCUT2D eigenvalue weighted by atomic mass is 10.3. The summed E-state index contributed by atoms with van der Waals surface area (Å²) in [7, 11) is -3.82. The molecule has 37 heavy (non-hydrogen) atoms. The lowest BCUT2D eigenvalue weighted by Crippen LogP contribution is -2.19. The summed E-state index contributed by atoms with van der Waals surface area (Å²) in [5.74, 6) is 0. The van der Waals surface area contributed by atoms with Crippen LogP contribution in [0.2, 0.25) is 10.0 Å². The number of nitrogens with one attached hydrogen (secondary N) is 4. The molecule has 0 bridgehead atoms. The molecule has 4 N–H and O–H groups in total. The Kier molecular flexibility index (Phi) is 8.63. The Morgan fingerprint density at radius 1 is 0.541 bits per heavy atom. The van der Waals surface area contributed by atoms with Crippen LogP contribution in [0.1, 0.15) is 0 Å². The van der Waals surface area contributed by atoms with Gasteiger partial charge < -0.3 is 21.3 Å². The summed E-state index contributed by atoms with van der Waals surface area (Å²) in [5, 5.41) is 13.9. The van der Waals surface area contributed by atoms with Gasteiger partial charge in [-0.05, 0) is 109 Å². The predicted octanol–water partition coefficient (Wildman–Crippen LogP) is 7.44. The van der Waals surface area contributed by atoms with Crippen molar-refractivity contribution >= 4 is 90.4 Å². The van der Waals surface area contributed by atoms with Crippen LogP contribution in [0.15, 0.2) is 107 Å². The minimum absolute atomic E-state index is 0.116. The highest BCUT2D eigenvalue weighted by Crippen LogP contribution is 2.26. The summed E-state index contributed by atoms with van der Waals surface area (Å²) >= 11 is 22.5. The maximum Gasteiger partial charge on any atom is 0.206 e. The molecule has 0 aliphatic carbocycles. The molecule has 0 radical (unpaired) electrons. The Bertz CT molecular complexity index is 1430. The summed E-state index contributed by atoms with van der Waals surface area (Å²) < 4.78 is 26.8. The Hall–Kier alpha value is -3.21. The van der Waals surface area contributed by atoms with Gasteiger partial charge in [-0.3, -0.25) is 0 Å². The van der Waals surface area contributed by atoms with Crippen LogP contribution < -0.4 is 21.3 Å². The molecule has 4 aromatic rings. The second-order valence-electron chi connectivity index (χ2n) is 7.73. The van der Waals surface area contributed by atoms with E-state index in [-0.39, 0.29) is 9.79 Å². The van der Waals surface area contributed by atoms with Gasteiger partial charge in [-0.25, -0.2) is 8.42 Å². The minimum Gasteiger partial charge on any atom is -0.332 e. The number of halogens is 2. The third-order valence-electron chi connectivity index (χ3n) is 5.01. The van der Waals surface area contributed by atoms with Gasteiger partial charge in [0.05, 0.1) is 9.79 Å². The second kappa shape index (κ2) is 11.9. The molecule has 188 valence electrons. The average Bonchev–Trinajstić information content (AvgIpc) is 2.87. The monoisotopic (exact) mass is 586 g/mol. The molecule has 6 nitrogen and oxygen atoms in total. The first-order valence-electron chi connectivity index (χ1n) is 10.8. The van der Waals surface area contributed by atoms with Crippen molar-refractivity contribution in [2.45, 2.75) is 9.79 Å². The van der Waals surface area contributed by atoms with Crippen molar-refractivity contribution in [3.63, 3.8) is 0 Å². The van der Waals surface area contributed by atoms with Crippen LogP contribution in [0.5, 0.6) is 0 Å². The van der Waals surface area contributed by atoms with E-state index in [1.807, 2.05) is 0 Å². The maximum atomic E-state index is 13.4. The zero-order chi connectivity index (χ0) is 26.4. The SMILES string of the molecule is O=S(=O)(c1cccc(NC(=S)Nc2ccc(Cl)cc2)c1)c1cccc(NC(=S)Nc2ccc(Cl)cc2)c1. The standard InChI is InChI=1S/C26H20Cl2N4O2S3/c27-17-7-11-19(12-8-17)29-25(35)31-21-3-1-5-23(15-21)37(33,34)24-6-2-4-22(16-24)32-26(36)30-20-13-9-18(28)10-14-20/h1-16H,(H2,29,31,35)(H2,30,32,36). The van der Waals surface area contributed by atoms with E-state index in [1.165, 1.54) is 24.3 Å². The van der Waals surface area contributed by atoms with Gasteiger partial charge in [0.1, 0.15) is 0 Å². The van der Waals surface area contributed by atoms with Crippen molar-refractivity contribution in [2.75, 3.05) is 21.3 Å². The highest BCUT2D eigenvalue weighted by atomic mass is 35.5. The fourth-order valence-corrected chi connectivity index (χ4v) is 5.35. The fourth-order valence-electron chi connectivity index (χ4n) is 3.27. The predicted molar refractivity (Wildman–Crippen MR) is 161 cm³/mol. The molecule has 4 aromatic carbocycles. The van der Waals surface area contributed by atoms with Crippen LogP contribution in [0, 0.1) is 0 Å². The molecule has 0 aliphatic rings. The van der Waals surface area contributed by atoms with E-state index in [4.69, 9.17) is 47.6 Å². The number of thiocarbonyl (C=S) groups is 2. The number of anilines is 4. The number of sulfone groups is 1. The van der Waals surface area contributed by atoms with E-state index in [9.17, 15) is 8.42 Å². The lowest BCUT2D eigenvalue weighted by molar-refractivity contribution is 0.596. The van der Waals surface area contributed by atoms with Gasteiger partial charge >= 0.3 is 0 Å². The molecular weight excluding hydrogens is 567 g/mol. The summed E-state index contributed by atoms with van der Waals surface area (Å²) in [6.45, 7) is 0. The molecule has 4 rings (SSSR count). The van der Waals surface area contributed by atoms with E-state index in [0.29, 0.717) is 31.6 Å². The van der Waals surface area contributed by atoms with Crippen LogP contribution in [-0.2, 0) is 9.84 Å². The normalized spacial score (nSPS) is 10.9. The molecule has 0 atom stereocenters. The third kappa shape index (κ3) is 7.41. The highest BCUT2D eigenvalue weighted by molar-refractivity contribution is 7.91. The first-order chi connectivity index (χ1) is 17.7. The molecule has 0 saturated heterocycles. The summed E-state index contributed by atoms with van der Waals surface area (Å²) in [4.78, 5) is 0.233. The molecule has 0 saturated carbocycles. The van der Waals surface area contributed by atoms with Crippen molar-refractivity contribution in [1.82, 2.24) is 0 Å². The van der Waals surface area contributed by atoms with Gasteiger partial charge in [-0.1, -0.05) is 35.3 Å². The van der Waals surface area contributed by atoms with Gasteiger partial charge in [0.15, 0.2) is 10.2 Å². The number of rotatable bonds is 6. The topological polar surface area (TPSA) is 82.3 Å². The Morgan fingerprint density at radius 3 is 1.27 bits per heavy atom. The molecule has 0 aromatic heterocycles. The van der Waals surface area contributed by atoms with Crippen molar-refractivity contribution in [1.29, 1.82) is 0 Å². The molecule has 11 heteroatoms. The van der Waals surface area contributed by atoms with Crippen LogP contribution in [-0.4, -0.2) is 18.6 Å². The Balaban J connectivity index is 1.46. The number of benzene rings is 4. The molecule has 0 aliphatic heterocycles. The van der Waals surface area contributed by atoms with Gasteiger partial charge in [0.25, 0.3) is 0 Å². The van der Waals surface area contributed by atoms with Crippen molar-refractivity contribution in [3.05, 3.63) is 107 Å². The summed E-state index contributed by atoms with van der Waals surface area (Å²) in [5.41, 5.74) is 2.54. The minimum atomic E-state index is -3.82. The average molecular weight is 588 g/mol. The largest absolute Gasteiger partial charge is 0.332 e. The number of hydrogen-bond donors (Lipinski definition) is 4. The Labute approximate surface area is 235 Å². The second-order valence-corrected chi connectivity index (χ2v) is 11.4. The van der Waals surface area contributed by atoms with Gasteiger partial charge in [-0.15, -0.1) is 0 Å². The van der Waals surface area contributed by atoms with Crippen LogP contribution in [0.25, 0.3) is 0 Å². The zero-order valence-electron chi connectivity index (χ0n) is 19.0. The third-order valence-corrected chi connectivity index (χ3v) is 7.67. The fraction of sp³-hybridized carbons (Fsp3) is 0. The molecule has 0 spiro atoms. The summed E-state index contributed by atoms with van der Waals surface area (Å²) in [6.07, 6.45) is 0. The van der Waals surface area contributed by atoms with E-state index < -0.39 is 9.84 Å². The summed E-state index contributed by atoms with van der Waals surface area (Å²) in [6, 6.07) is 27.0. The van der Waals surface area contributed by atoms with E-state index in [0.717, 1.165) is 11.4 Å². The first kappa shape index (κ1) is 26.8. The van der Waals surface area contributed by atoms with E-state index in [2.05, 4.69) is 21.3 Å². The van der Waals surface area contributed by atoms with E-state index in [1.54, 1.807) is 72.8 Å². The smallest absolute Gasteiger partial charge is 0.206 e. The molecule has 0 heterocycles. The quantitative estimate of drug-likeness (QED) is 0.173. The zero-order valence-corrected chi connectivity index (χ0v) is 23.0. The van der Waals surface area contributed by atoms with Crippen LogP contribution in [0.4, 0.5) is 22.7 Å². The lowest BCUT2D eigenvalue weighted by Gasteiger charge is -2.13. The molecule has 0 fully saturated rings. The number of hydrogen-bond acceptors (Lipinski definition) is 4. The Morgan fingerprint density at radius 2 is 0.892 bits per heavy atom. The molecule has 0 unspecified atom stereocenters. The van der Waals surface area contributed by atoms with Crippen molar-refractivity contribution in [2.24, 2.45) is 0 Å². The van der Waals surface area contributed by atoms with Gasteiger partial charge in [0.2, 0.25) is 9.84 Å². The van der Waals surface area contributed by atoms with Gasteiger partial charge in [0, 0.05) is 32.8 Å².